The number of alkyl halides is 4. The second kappa shape index (κ2) is 2.91. The van der Waals surface area contributed by atoms with Gasteiger partial charge in [-0.3, -0.25) is 0 Å². The van der Waals surface area contributed by atoms with E-state index in [1.807, 2.05) is 0 Å². The Balaban J connectivity index is 2.77. The minimum atomic E-state index is -1.45. The van der Waals surface area contributed by atoms with Gasteiger partial charge in [-0.15, -0.1) is 23.2 Å². The second-order valence-corrected chi connectivity index (χ2v) is 6.74. The first-order chi connectivity index (χ1) is 6.19. The van der Waals surface area contributed by atoms with Crippen LogP contribution in [-0.2, 0) is 0 Å². The Morgan fingerprint density at radius 1 is 1.00 bits per heavy atom. The van der Waals surface area contributed by atoms with Crippen molar-refractivity contribution in [2.75, 3.05) is 0 Å². The topological polar surface area (TPSA) is 0 Å². The highest BCUT2D eigenvalue weighted by Gasteiger charge is 2.76. The van der Waals surface area contributed by atoms with Gasteiger partial charge in [-0.1, -0.05) is 53.0 Å². The number of fused-ring (bicyclic) bond motifs is 2. The summed E-state index contributed by atoms with van der Waals surface area (Å²) < 4.78 is -1.45. The first-order valence-electron chi connectivity index (χ1n) is 3.69. The van der Waals surface area contributed by atoms with Crippen LogP contribution in [0.15, 0.2) is 22.2 Å². The SMILES string of the molecule is C=C1CC2(Cl)C(Cl)=C(Cl)C1(Cl)C2(Cl)Cl. The number of allylic oxidation sites excluding steroid dienone is 3. The quantitative estimate of drug-likeness (QED) is 0.446. The molecule has 0 aromatic heterocycles. The molecule has 0 saturated heterocycles. The van der Waals surface area contributed by atoms with Crippen molar-refractivity contribution in [1.29, 1.82) is 0 Å². The number of hydrogen-bond donors (Lipinski definition) is 0. The molecule has 2 unspecified atom stereocenters. The summed E-state index contributed by atoms with van der Waals surface area (Å²) in [6.45, 7) is 3.77. The van der Waals surface area contributed by atoms with Crippen molar-refractivity contribution >= 4 is 69.6 Å². The Bertz CT molecular complexity index is 370. The van der Waals surface area contributed by atoms with Gasteiger partial charge in [0.05, 0.1) is 10.1 Å². The molecule has 1 fully saturated rings. The molecule has 0 heterocycles. The molecule has 0 aromatic carbocycles. The highest BCUT2D eigenvalue weighted by atomic mass is 35.5. The molecule has 0 spiro atoms. The minimum Gasteiger partial charge on any atom is -0.109 e. The van der Waals surface area contributed by atoms with Crippen molar-refractivity contribution in [1.82, 2.24) is 0 Å². The van der Waals surface area contributed by atoms with Crippen LogP contribution in [0.5, 0.6) is 0 Å². The zero-order chi connectivity index (χ0) is 10.9. The van der Waals surface area contributed by atoms with Crippen LogP contribution in [0.4, 0.5) is 0 Å². The van der Waals surface area contributed by atoms with E-state index in [0.717, 1.165) is 0 Å². The Kier molecular flexibility index (Phi) is 2.43. The molecule has 78 valence electrons. The lowest BCUT2D eigenvalue weighted by Crippen LogP contribution is -2.42. The van der Waals surface area contributed by atoms with Crippen LogP contribution >= 0.6 is 69.6 Å². The van der Waals surface area contributed by atoms with Gasteiger partial charge in [0.2, 0.25) is 0 Å². The molecule has 2 aliphatic carbocycles. The maximum atomic E-state index is 6.25. The average Bonchev–Trinajstić information content (AvgIpc) is 2.27. The molecule has 2 atom stereocenters. The lowest BCUT2D eigenvalue weighted by Gasteiger charge is -2.30. The normalized spacial score (nSPS) is 45.1. The largest absolute Gasteiger partial charge is 0.170 e. The maximum absolute atomic E-state index is 6.25. The highest BCUT2D eigenvalue weighted by molar-refractivity contribution is 6.66. The molecular weight excluding hydrogens is 309 g/mol. The first-order valence-corrected chi connectivity index (χ1v) is 5.96. The van der Waals surface area contributed by atoms with Crippen LogP contribution in [0.3, 0.4) is 0 Å². The van der Waals surface area contributed by atoms with E-state index < -0.39 is 14.1 Å². The summed E-state index contributed by atoms with van der Waals surface area (Å²) in [6, 6.07) is 0. The summed E-state index contributed by atoms with van der Waals surface area (Å²) in [6.07, 6.45) is 0.333. The fourth-order valence-corrected chi connectivity index (χ4v) is 4.48. The number of rotatable bonds is 0. The summed E-state index contributed by atoms with van der Waals surface area (Å²) in [5.74, 6) is 0. The van der Waals surface area contributed by atoms with E-state index in [2.05, 4.69) is 6.58 Å². The van der Waals surface area contributed by atoms with E-state index in [4.69, 9.17) is 69.6 Å². The van der Waals surface area contributed by atoms with Crippen molar-refractivity contribution in [2.24, 2.45) is 0 Å². The fourth-order valence-electron chi connectivity index (χ4n) is 1.86. The average molecular weight is 313 g/mol. The summed E-state index contributed by atoms with van der Waals surface area (Å²) in [5, 5.41) is 0.394. The Labute approximate surface area is 112 Å². The molecular formula is C8H4Cl6. The fraction of sp³-hybridized carbons (Fsp3) is 0.500. The van der Waals surface area contributed by atoms with E-state index in [1.165, 1.54) is 0 Å². The van der Waals surface area contributed by atoms with Gasteiger partial charge >= 0.3 is 0 Å². The van der Waals surface area contributed by atoms with Crippen molar-refractivity contribution in [2.45, 2.75) is 20.5 Å². The first kappa shape index (κ1) is 11.7. The van der Waals surface area contributed by atoms with E-state index >= 15 is 0 Å². The Morgan fingerprint density at radius 2 is 1.50 bits per heavy atom. The van der Waals surface area contributed by atoms with E-state index in [9.17, 15) is 0 Å². The molecule has 0 radical (unpaired) electrons. The Hall–Kier alpha value is 1.22. The van der Waals surface area contributed by atoms with Crippen molar-refractivity contribution in [3.8, 4) is 0 Å². The lowest BCUT2D eigenvalue weighted by molar-refractivity contribution is 0.686. The molecule has 2 rings (SSSR count). The predicted molar refractivity (Wildman–Crippen MR) is 64.1 cm³/mol. The van der Waals surface area contributed by atoms with Crippen LogP contribution in [0.2, 0.25) is 0 Å². The molecule has 0 N–H and O–H groups in total. The highest BCUT2D eigenvalue weighted by Crippen LogP contribution is 2.73. The Morgan fingerprint density at radius 3 is 1.79 bits per heavy atom. The standard InChI is InChI=1S/C8H4Cl6/c1-3-2-6(11)4(9)5(10)7(3,12)8(6,13)14/h1-2H2. The van der Waals surface area contributed by atoms with Gasteiger partial charge in [0.25, 0.3) is 0 Å². The molecule has 0 aromatic rings. The summed E-state index contributed by atoms with van der Waals surface area (Å²) in [4.78, 5) is -2.40. The van der Waals surface area contributed by atoms with Gasteiger partial charge in [0.15, 0.2) is 4.33 Å². The third-order valence-electron chi connectivity index (χ3n) is 2.72. The van der Waals surface area contributed by atoms with Gasteiger partial charge in [-0.25, -0.2) is 0 Å². The molecule has 14 heavy (non-hydrogen) atoms. The third-order valence-corrected chi connectivity index (χ3v) is 6.94. The summed E-state index contributed by atoms with van der Waals surface area (Å²) >= 11 is 36.7. The van der Waals surface area contributed by atoms with E-state index in [1.54, 1.807) is 0 Å². The third kappa shape index (κ3) is 0.924. The smallest absolute Gasteiger partial charge is 0.109 e. The van der Waals surface area contributed by atoms with Gasteiger partial charge < -0.3 is 0 Å². The molecule has 0 amide bonds. The van der Waals surface area contributed by atoms with Crippen LogP contribution in [0, 0.1) is 0 Å². The van der Waals surface area contributed by atoms with Crippen molar-refractivity contribution in [3.63, 3.8) is 0 Å². The molecule has 0 aliphatic heterocycles. The molecule has 2 aliphatic rings. The van der Waals surface area contributed by atoms with Crippen LogP contribution in [0.25, 0.3) is 0 Å². The van der Waals surface area contributed by atoms with Crippen molar-refractivity contribution in [3.05, 3.63) is 22.2 Å². The van der Waals surface area contributed by atoms with E-state index in [0.29, 0.717) is 12.0 Å². The molecule has 6 heteroatoms. The molecule has 2 bridgehead atoms. The van der Waals surface area contributed by atoms with Gasteiger partial charge in [0.1, 0.15) is 9.75 Å². The van der Waals surface area contributed by atoms with E-state index in [-0.39, 0.29) is 10.1 Å². The van der Waals surface area contributed by atoms with Crippen LogP contribution < -0.4 is 0 Å². The second-order valence-electron chi connectivity index (χ2n) is 3.44. The predicted octanol–water partition coefficient (Wildman–Crippen LogP) is 4.78. The van der Waals surface area contributed by atoms with Crippen LogP contribution in [0.1, 0.15) is 6.42 Å². The number of halogens is 6. The summed E-state index contributed by atoms with van der Waals surface area (Å²) in [5.41, 5.74) is 0.591. The molecule has 1 saturated carbocycles. The monoisotopic (exact) mass is 310 g/mol. The maximum Gasteiger partial charge on any atom is 0.170 e. The zero-order valence-corrected chi connectivity index (χ0v) is 11.2. The van der Waals surface area contributed by atoms with Gasteiger partial charge in [-0.2, -0.15) is 0 Å². The lowest BCUT2D eigenvalue weighted by atomic mass is 10.0. The van der Waals surface area contributed by atoms with Gasteiger partial charge in [-0.05, 0) is 12.0 Å². The van der Waals surface area contributed by atoms with Crippen molar-refractivity contribution < 1.29 is 0 Å². The number of hydrogen-bond acceptors (Lipinski definition) is 0. The minimum absolute atomic E-state index is 0.178. The zero-order valence-electron chi connectivity index (χ0n) is 6.68. The van der Waals surface area contributed by atoms with Crippen LogP contribution in [-0.4, -0.2) is 14.1 Å². The summed E-state index contributed by atoms with van der Waals surface area (Å²) in [7, 11) is 0. The molecule has 0 nitrogen and oxygen atoms in total. The van der Waals surface area contributed by atoms with Gasteiger partial charge in [0, 0.05) is 0 Å².